The minimum absolute atomic E-state index is 0.00949. The highest BCUT2D eigenvalue weighted by Crippen LogP contribution is 2.23. The molecule has 0 saturated carbocycles. The van der Waals surface area contributed by atoms with Gasteiger partial charge in [-0.15, -0.1) is 11.3 Å². The van der Waals surface area contributed by atoms with Crippen LogP contribution >= 0.6 is 11.3 Å². The maximum absolute atomic E-state index is 12.1. The van der Waals surface area contributed by atoms with Crippen molar-refractivity contribution in [3.8, 4) is 0 Å². The number of amides is 1. The number of carbonyl (C=O) groups is 1. The number of ether oxygens (including phenoxy) is 1. The lowest BCUT2D eigenvalue weighted by atomic mass is 10.0. The number of nitrogens with two attached hydrogens (primary N) is 1. The highest BCUT2D eigenvalue weighted by molar-refractivity contribution is 7.10. The number of rotatable bonds is 4. The SMILES string of the molecule is CCC(NC(=O)C1COCC1N)c1cccs1. The van der Waals surface area contributed by atoms with E-state index >= 15 is 0 Å². The van der Waals surface area contributed by atoms with Crippen molar-refractivity contribution in [2.45, 2.75) is 25.4 Å². The van der Waals surface area contributed by atoms with Crippen LogP contribution in [0.15, 0.2) is 17.5 Å². The van der Waals surface area contributed by atoms with Crippen LogP contribution in [0, 0.1) is 5.92 Å². The van der Waals surface area contributed by atoms with Crippen molar-refractivity contribution in [2.24, 2.45) is 11.7 Å². The molecule has 1 amide bonds. The zero-order chi connectivity index (χ0) is 12.3. The second kappa shape index (κ2) is 5.62. The molecule has 1 fully saturated rings. The summed E-state index contributed by atoms with van der Waals surface area (Å²) < 4.78 is 5.21. The van der Waals surface area contributed by atoms with Gasteiger partial charge in [0.25, 0.3) is 0 Å². The van der Waals surface area contributed by atoms with Crippen molar-refractivity contribution in [3.63, 3.8) is 0 Å². The summed E-state index contributed by atoms with van der Waals surface area (Å²) in [6.07, 6.45) is 0.884. The van der Waals surface area contributed by atoms with Crippen molar-refractivity contribution in [3.05, 3.63) is 22.4 Å². The lowest BCUT2D eigenvalue weighted by Crippen LogP contribution is -2.42. The van der Waals surface area contributed by atoms with Crippen LogP contribution in [-0.4, -0.2) is 25.2 Å². The average molecular weight is 254 g/mol. The van der Waals surface area contributed by atoms with Crippen LogP contribution in [0.3, 0.4) is 0 Å². The largest absolute Gasteiger partial charge is 0.379 e. The summed E-state index contributed by atoms with van der Waals surface area (Å²) in [4.78, 5) is 13.2. The third-order valence-electron chi connectivity index (χ3n) is 3.07. The van der Waals surface area contributed by atoms with Gasteiger partial charge in [0, 0.05) is 10.9 Å². The Labute approximate surface area is 105 Å². The van der Waals surface area contributed by atoms with Crippen LogP contribution in [0.25, 0.3) is 0 Å². The van der Waals surface area contributed by atoms with Crippen molar-refractivity contribution in [1.82, 2.24) is 5.32 Å². The van der Waals surface area contributed by atoms with Crippen LogP contribution in [0.5, 0.6) is 0 Å². The number of hydrogen-bond donors (Lipinski definition) is 2. The van der Waals surface area contributed by atoms with Gasteiger partial charge in [-0.1, -0.05) is 13.0 Å². The Bertz CT molecular complexity index is 367. The molecule has 17 heavy (non-hydrogen) atoms. The van der Waals surface area contributed by atoms with Gasteiger partial charge in [0.2, 0.25) is 5.91 Å². The Morgan fingerprint density at radius 2 is 2.53 bits per heavy atom. The summed E-state index contributed by atoms with van der Waals surface area (Å²) in [5, 5.41) is 5.08. The van der Waals surface area contributed by atoms with E-state index in [9.17, 15) is 4.79 Å². The first-order valence-electron chi connectivity index (χ1n) is 5.89. The van der Waals surface area contributed by atoms with Crippen molar-refractivity contribution in [2.75, 3.05) is 13.2 Å². The first-order chi connectivity index (χ1) is 8.22. The fourth-order valence-corrected chi connectivity index (χ4v) is 2.84. The van der Waals surface area contributed by atoms with Gasteiger partial charge in [0.05, 0.1) is 25.2 Å². The van der Waals surface area contributed by atoms with Crippen LogP contribution in [0.1, 0.15) is 24.3 Å². The number of hydrogen-bond acceptors (Lipinski definition) is 4. The minimum Gasteiger partial charge on any atom is -0.379 e. The number of carbonyl (C=O) groups excluding carboxylic acids is 1. The van der Waals surface area contributed by atoms with E-state index in [0.29, 0.717) is 13.2 Å². The second-order valence-electron chi connectivity index (χ2n) is 4.29. The monoisotopic (exact) mass is 254 g/mol. The van der Waals surface area contributed by atoms with Gasteiger partial charge in [-0.2, -0.15) is 0 Å². The Morgan fingerprint density at radius 1 is 1.71 bits per heavy atom. The predicted molar refractivity (Wildman–Crippen MR) is 67.8 cm³/mol. The molecule has 1 aromatic rings. The zero-order valence-corrected chi connectivity index (χ0v) is 10.7. The Kier molecular flexibility index (Phi) is 4.15. The average Bonchev–Trinajstić information content (AvgIpc) is 2.96. The quantitative estimate of drug-likeness (QED) is 0.851. The molecule has 3 N–H and O–H groups in total. The predicted octanol–water partition coefficient (Wildman–Crippen LogP) is 1.29. The summed E-state index contributed by atoms with van der Waals surface area (Å²) in [6.45, 7) is 2.98. The standard InChI is InChI=1S/C12H18N2O2S/c1-2-10(11-4-3-5-17-11)14-12(15)8-6-16-7-9(8)13/h3-5,8-10H,2,6-7,13H2,1H3,(H,14,15). The van der Waals surface area contributed by atoms with E-state index in [0.717, 1.165) is 6.42 Å². The van der Waals surface area contributed by atoms with Gasteiger partial charge in [0.1, 0.15) is 0 Å². The third kappa shape index (κ3) is 2.86. The lowest BCUT2D eigenvalue weighted by molar-refractivity contribution is -0.126. The smallest absolute Gasteiger partial charge is 0.227 e. The molecule has 2 rings (SSSR count). The molecule has 1 aliphatic heterocycles. The highest BCUT2D eigenvalue weighted by atomic mass is 32.1. The molecule has 0 radical (unpaired) electrons. The van der Waals surface area contributed by atoms with Gasteiger partial charge in [-0.3, -0.25) is 4.79 Å². The normalized spacial score (nSPS) is 25.8. The topological polar surface area (TPSA) is 64.3 Å². The molecule has 2 heterocycles. The van der Waals surface area contributed by atoms with Gasteiger partial charge in [-0.25, -0.2) is 0 Å². The maximum atomic E-state index is 12.1. The number of nitrogens with one attached hydrogen (secondary N) is 1. The molecule has 0 spiro atoms. The molecule has 5 heteroatoms. The van der Waals surface area contributed by atoms with Crippen molar-refractivity contribution in [1.29, 1.82) is 0 Å². The van der Waals surface area contributed by atoms with Crippen LogP contribution in [0.4, 0.5) is 0 Å². The summed E-state index contributed by atoms with van der Waals surface area (Å²) in [5.74, 6) is -0.195. The minimum atomic E-state index is -0.205. The second-order valence-corrected chi connectivity index (χ2v) is 5.27. The third-order valence-corrected chi connectivity index (χ3v) is 4.06. The van der Waals surface area contributed by atoms with E-state index in [-0.39, 0.29) is 23.9 Å². The van der Waals surface area contributed by atoms with E-state index in [1.807, 2.05) is 17.5 Å². The first-order valence-corrected chi connectivity index (χ1v) is 6.77. The molecule has 1 saturated heterocycles. The van der Waals surface area contributed by atoms with Gasteiger partial charge in [0.15, 0.2) is 0 Å². The van der Waals surface area contributed by atoms with Crippen LogP contribution < -0.4 is 11.1 Å². The lowest BCUT2D eigenvalue weighted by Gasteiger charge is -2.19. The fourth-order valence-electron chi connectivity index (χ4n) is 1.98. The molecule has 3 atom stereocenters. The van der Waals surface area contributed by atoms with Crippen molar-refractivity contribution < 1.29 is 9.53 Å². The van der Waals surface area contributed by atoms with Crippen LogP contribution in [0.2, 0.25) is 0 Å². The zero-order valence-electron chi connectivity index (χ0n) is 9.89. The molecule has 3 unspecified atom stereocenters. The Hall–Kier alpha value is -0.910. The molecule has 0 aliphatic carbocycles. The molecule has 94 valence electrons. The van der Waals surface area contributed by atoms with E-state index in [1.54, 1.807) is 11.3 Å². The van der Waals surface area contributed by atoms with Crippen LogP contribution in [-0.2, 0) is 9.53 Å². The first kappa shape index (κ1) is 12.5. The molecule has 4 nitrogen and oxygen atoms in total. The van der Waals surface area contributed by atoms with E-state index in [4.69, 9.17) is 10.5 Å². The van der Waals surface area contributed by atoms with Crippen molar-refractivity contribution >= 4 is 17.2 Å². The Morgan fingerprint density at radius 3 is 3.06 bits per heavy atom. The van der Waals surface area contributed by atoms with Gasteiger partial charge >= 0.3 is 0 Å². The molecular weight excluding hydrogens is 236 g/mol. The fraction of sp³-hybridized carbons (Fsp3) is 0.583. The molecule has 1 aliphatic rings. The molecule has 0 aromatic carbocycles. The van der Waals surface area contributed by atoms with E-state index in [1.165, 1.54) is 4.88 Å². The molecular formula is C12H18N2O2S. The van der Waals surface area contributed by atoms with Gasteiger partial charge in [-0.05, 0) is 17.9 Å². The highest BCUT2D eigenvalue weighted by Gasteiger charge is 2.32. The molecule has 0 bridgehead atoms. The maximum Gasteiger partial charge on any atom is 0.227 e. The summed E-state index contributed by atoms with van der Waals surface area (Å²) in [7, 11) is 0. The summed E-state index contributed by atoms with van der Waals surface area (Å²) >= 11 is 1.66. The van der Waals surface area contributed by atoms with E-state index in [2.05, 4.69) is 12.2 Å². The summed E-state index contributed by atoms with van der Waals surface area (Å²) in [6, 6.07) is 3.97. The van der Waals surface area contributed by atoms with E-state index < -0.39 is 0 Å². The Balaban J connectivity index is 1.97. The molecule has 1 aromatic heterocycles. The number of thiophene rings is 1. The van der Waals surface area contributed by atoms with Gasteiger partial charge < -0.3 is 15.8 Å². The summed E-state index contributed by atoms with van der Waals surface area (Å²) in [5.41, 5.74) is 5.83.